The van der Waals surface area contributed by atoms with Crippen LogP contribution in [0.25, 0.3) is 10.9 Å². The number of carbonyl (C=O) groups excluding carboxylic acids is 1. The van der Waals surface area contributed by atoms with Crippen molar-refractivity contribution >= 4 is 28.5 Å². The van der Waals surface area contributed by atoms with Gasteiger partial charge < -0.3 is 14.6 Å². The molecule has 38 heavy (non-hydrogen) atoms. The Balaban J connectivity index is 1.56. The van der Waals surface area contributed by atoms with E-state index in [1.807, 2.05) is 0 Å². The van der Waals surface area contributed by atoms with Crippen LogP contribution < -0.4 is 4.74 Å². The van der Waals surface area contributed by atoms with Gasteiger partial charge in [0.1, 0.15) is 12.4 Å². The lowest BCUT2D eigenvalue weighted by molar-refractivity contribution is -0.274. The first-order valence-corrected chi connectivity index (χ1v) is 12.2. The molecule has 1 aromatic heterocycles. The smallest absolute Gasteiger partial charge is 0.422 e. The maximum absolute atomic E-state index is 14.4. The van der Waals surface area contributed by atoms with Crippen LogP contribution in [-0.4, -0.2) is 28.8 Å². The fourth-order valence-electron chi connectivity index (χ4n) is 4.23. The molecule has 0 aliphatic heterocycles. The van der Waals surface area contributed by atoms with Gasteiger partial charge in [0.2, 0.25) is 0 Å². The van der Waals surface area contributed by atoms with Crippen molar-refractivity contribution in [3.63, 3.8) is 0 Å². The average molecular weight is 544 g/mol. The fraction of sp³-hybridized carbons (Fsp3) is 0.241. The minimum absolute atomic E-state index is 0.0177. The van der Waals surface area contributed by atoms with Crippen molar-refractivity contribution < 1.29 is 32.5 Å². The zero-order chi connectivity index (χ0) is 27.5. The highest BCUT2D eigenvalue weighted by Gasteiger charge is 2.59. The summed E-state index contributed by atoms with van der Waals surface area (Å²) < 4.78 is 53.9. The number of hydrogen-bond acceptors (Lipinski definition) is 5. The summed E-state index contributed by atoms with van der Waals surface area (Å²) in [6.07, 6.45) is -3.96. The lowest BCUT2D eigenvalue weighted by Gasteiger charge is -2.37. The van der Waals surface area contributed by atoms with Crippen LogP contribution in [0.1, 0.15) is 46.8 Å². The normalized spacial score (nSPS) is 14.1. The SMILES string of the molecule is CCOC(=O)c1ccc(COc2ccc([C@H](C)[C@](O)(c3cnc4ccccc4c3)C(F)(F)F)c(Cl)c2)cc1. The number of aliphatic hydroxyl groups is 1. The minimum Gasteiger partial charge on any atom is -0.489 e. The first-order valence-electron chi connectivity index (χ1n) is 11.9. The molecular formula is C29H25ClF3NO4. The number of hydrogen-bond donors (Lipinski definition) is 1. The van der Waals surface area contributed by atoms with E-state index in [-0.39, 0.29) is 29.4 Å². The number of aromatic nitrogens is 1. The zero-order valence-corrected chi connectivity index (χ0v) is 21.4. The third-order valence-electron chi connectivity index (χ3n) is 6.40. The molecule has 3 aromatic carbocycles. The number of halogens is 4. The van der Waals surface area contributed by atoms with Gasteiger partial charge in [-0.2, -0.15) is 13.2 Å². The number of rotatable bonds is 8. The second-order valence-corrected chi connectivity index (χ2v) is 9.20. The largest absolute Gasteiger partial charge is 0.489 e. The maximum atomic E-state index is 14.4. The molecule has 1 heterocycles. The lowest BCUT2D eigenvalue weighted by atomic mass is 9.78. The molecule has 0 saturated heterocycles. The zero-order valence-electron chi connectivity index (χ0n) is 20.6. The number of ether oxygens (including phenoxy) is 2. The molecule has 4 aromatic rings. The van der Waals surface area contributed by atoms with E-state index in [4.69, 9.17) is 21.1 Å². The summed E-state index contributed by atoms with van der Waals surface area (Å²) in [4.78, 5) is 15.9. The van der Waals surface area contributed by atoms with E-state index in [1.165, 1.54) is 31.2 Å². The van der Waals surface area contributed by atoms with E-state index >= 15 is 0 Å². The number of nitrogens with zero attached hydrogens (tertiary/aromatic N) is 1. The van der Waals surface area contributed by atoms with Crippen LogP contribution in [0.15, 0.2) is 79.0 Å². The van der Waals surface area contributed by atoms with Crippen molar-refractivity contribution in [2.24, 2.45) is 0 Å². The molecule has 198 valence electrons. The molecule has 5 nitrogen and oxygen atoms in total. The lowest BCUT2D eigenvalue weighted by Crippen LogP contribution is -2.46. The molecule has 9 heteroatoms. The maximum Gasteiger partial charge on any atom is 0.422 e. The Hall–Kier alpha value is -3.62. The minimum atomic E-state index is -5.01. The summed E-state index contributed by atoms with van der Waals surface area (Å²) >= 11 is 6.40. The predicted octanol–water partition coefficient (Wildman–Crippen LogP) is 7.20. The van der Waals surface area contributed by atoms with Crippen LogP contribution in [0.2, 0.25) is 5.02 Å². The predicted molar refractivity (Wildman–Crippen MR) is 138 cm³/mol. The van der Waals surface area contributed by atoms with Crippen molar-refractivity contribution in [2.45, 2.75) is 38.1 Å². The molecular weight excluding hydrogens is 519 g/mol. The molecule has 0 fully saturated rings. The summed E-state index contributed by atoms with van der Waals surface area (Å²) in [7, 11) is 0. The Morgan fingerprint density at radius 2 is 1.76 bits per heavy atom. The van der Waals surface area contributed by atoms with Gasteiger partial charge in [0.15, 0.2) is 5.60 Å². The van der Waals surface area contributed by atoms with Crippen molar-refractivity contribution in [3.8, 4) is 5.75 Å². The summed E-state index contributed by atoms with van der Waals surface area (Å²) in [5.41, 5.74) is -1.82. The van der Waals surface area contributed by atoms with Crippen molar-refractivity contribution in [1.29, 1.82) is 0 Å². The molecule has 0 amide bonds. The molecule has 0 radical (unpaired) electrons. The van der Waals surface area contributed by atoms with Crippen molar-refractivity contribution in [3.05, 3.63) is 106 Å². The Morgan fingerprint density at radius 3 is 2.42 bits per heavy atom. The van der Waals surface area contributed by atoms with Crippen molar-refractivity contribution in [1.82, 2.24) is 4.98 Å². The van der Waals surface area contributed by atoms with E-state index in [0.717, 1.165) is 11.8 Å². The van der Waals surface area contributed by atoms with Gasteiger partial charge in [-0.1, -0.05) is 54.9 Å². The Morgan fingerprint density at radius 1 is 1.05 bits per heavy atom. The summed E-state index contributed by atoms with van der Waals surface area (Å²) in [5.74, 6) is -1.54. The summed E-state index contributed by atoms with van der Waals surface area (Å²) in [6.45, 7) is 3.42. The summed E-state index contributed by atoms with van der Waals surface area (Å²) in [6, 6.07) is 19.0. The van der Waals surface area contributed by atoms with Crippen LogP contribution in [0.3, 0.4) is 0 Å². The van der Waals surface area contributed by atoms with E-state index in [9.17, 15) is 23.1 Å². The van der Waals surface area contributed by atoms with Gasteiger partial charge in [0.05, 0.1) is 17.7 Å². The first-order chi connectivity index (χ1) is 18.0. The van der Waals surface area contributed by atoms with Crippen molar-refractivity contribution in [2.75, 3.05) is 6.61 Å². The topological polar surface area (TPSA) is 68.7 Å². The van der Waals surface area contributed by atoms with Gasteiger partial charge in [-0.05, 0) is 54.4 Å². The number of para-hydroxylation sites is 1. The van der Waals surface area contributed by atoms with Gasteiger partial charge >= 0.3 is 12.1 Å². The molecule has 0 saturated carbocycles. The quantitative estimate of drug-likeness (QED) is 0.238. The molecule has 2 atom stereocenters. The van der Waals surface area contributed by atoms with Gasteiger partial charge in [-0.25, -0.2) is 4.79 Å². The highest BCUT2D eigenvalue weighted by atomic mass is 35.5. The monoisotopic (exact) mass is 543 g/mol. The van der Waals surface area contributed by atoms with E-state index in [0.29, 0.717) is 22.2 Å². The Labute approximate surface area is 222 Å². The van der Waals surface area contributed by atoms with Gasteiger partial charge in [-0.3, -0.25) is 4.98 Å². The molecule has 0 aliphatic rings. The third kappa shape index (κ3) is 5.47. The van der Waals surface area contributed by atoms with Crippen LogP contribution in [0, 0.1) is 0 Å². The van der Waals surface area contributed by atoms with E-state index < -0.39 is 23.7 Å². The van der Waals surface area contributed by atoms with E-state index in [1.54, 1.807) is 55.5 Å². The van der Waals surface area contributed by atoms with Crippen LogP contribution >= 0.6 is 11.6 Å². The number of benzene rings is 3. The Kier molecular flexibility index (Phi) is 7.94. The van der Waals surface area contributed by atoms with Gasteiger partial charge in [0, 0.05) is 28.1 Å². The highest BCUT2D eigenvalue weighted by Crippen LogP contribution is 2.50. The molecule has 1 N–H and O–H groups in total. The molecule has 0 aliphatic carbocycles. The van der Waals surface area contributed by atoms with E-state index in [2.05, 4.69) is 4.98 Å². The van der Waals surface area contributed by atoms with Crippen LogP contribution in [-0.2, 0) is 16.9 Å². The molecule has 4 rings (SSSR count). The molecule has 0 bridgehead atoms. The standard InChI is InChI=1S/C29H25ClF3NO4/c1-3-37-27(35)20-10-8-19(9-11-20)17-38-23-12-13-24(25(30)15-23)18(2)28(36,29(31,32)33)22-14-21-6-4-5-7-26(21)34-16-22/h4-16,18,36H,3,17H2,1-2H3/t18-,28-/m0/s1. The molecule has 0 unspecified atom stereocenters. The Bertz CT molecular complexity index is 1440. The average Bonchev–Trinajstić information content (AvgIpc) is 2.90. The third-order valence-corrected chi connectivity index (χ3v) is 6.73. The van der Waals surface area contributed by atoms with Crippen LogP contribution in [0.4, 0.5) is 13.2 Å². The highest BCUT2D eigenvalue weighted by molar-refractivity contribution is 6.31. The molecule has 0 spiro atoms. The summed E-state index contributed by atoms with van der Waals surface area (Å²) in [5, 5.41) is 11.6. The van der Waals surface area contributed by atoms with Crippen LogP contribution in [0.5, 0.6) is 5.75 Å². The number of pyridine rings is 1. The van der Waals surface area contributed by atoms with Gasteiger partial charge in [0.25, 0.3) is 0 Å². The second-order valence-electron chi connectivity index (χ2n) is 8.79. The number of fused-ring (bicyclic) bond motifs is 1. The second kappa shape index (κ2) is 11.0. The van der Waals surface area contributed by atoms with Gasteiger partial charge in [-0.15, -0.1) is 0 Å². The number of carbonyl (C=O) groups is 1. The number of esters is 1. The fourth-order valence-corrected chi connectivity index (χ4v) is 4.56. The first kappa shape index (κ1) is 27.4. The number of alkyl halides is 3.